The van der Waals surface area contributed by atoms with E-state index in [1.807, 2.05) is 24.3 Å². The Morgan fingerprint density at radius 2 is 1.68 bits per heavy atom. The molecule has 0 atom stereocenters. The summed E-state index contributed by atoms with van der Waals surface area (Å²) in [5.74, 6) is 0.879. The van der Waals surface area contributed by atoms with Crippen LogP contribution in [0.25, 0.3) is 17.2 Å². The minimum atomic E-state index is 0.0585. The van der Waals surface area contributed by atoms with Crippen LogP contribution in [0.4, 0.5) is 5.69 Å². The van der Waals surface area contributed by atoms with Crippen molar-refractivity contribution in [3.05, 3.63) is 88.5 Å². The number of Topliss-reactive ketones (excluding diaryl/α,β-unsaturated/α-hetero) is 1. The van der Waals surface area contributed by atoms with Crippen molar-refractivity contribution in [1.82, 2.24) is 0 Å². The minimum absolute atomic E-state index is 0.0585. The molecule has 1 saturated carbocycles. The highest BCUT2D eigenvalue weighted by Gasteiger charge is 2.31. The lowest BCUT2D eigenvalue weighted by atomic mass is 9.91. The quantitative estimate of drug-likeness (QED) is 0.223. The summed E-state index contributed by atoms with van der Waals surface area (Å²) in [6, 6.07) is 21.2. The minimum Gasteiger partial charge on any atom is -0.493 e. The molecule has 0 spiro atoms. The maximum absolute atomic E-state index is 14.0. The number of rotatable bonds is 6. The van der Waals surface area contributed by atoms with Gasteiger partial charge < -0.3 is 15.0 Å². The lowest BCUT2D eigenvalue weighted by Gasteiger charge is -2.40. The molecule has 1 aliphatic heterocycles. The first-order valence-electron chi connectivity index (χ1n) is 13.6. The van der Waals surface area contributed by atoms with E-state index in [1.165, 1.54) is 37.7 Å². The number of quaternary nitrogens is 1. The smallest absolute Gasteiger partial charge is 0.189 e. The van der Waals surface area contributed by atoms with E-state index in [9.17, 15) is 4.79 Å². The van der Waals surface area contributed by atoms with Crippen LogP contribution in [0.15, 0.2) is 66.2 Å². The van der Waals surface area contributed by atoms with Gasteiger partial charge in [0.05, 0.1) is 26.7 Å². The van der Waals surface area contributed by atoms with Gasteiger partial charge in [-0.1, -0.05) is 48.4 Å². The molecule has 192 valence electrons. The molecule has 1 fully saturated rings. The lowest BCUT2D eigenvalue weighted by Crippen LogP contribution is -2.49. The zero-order valence-corrected chi connectivity index (χ0v) is 22.4. The molecule has 4 heteroatoms. The molecule has 3 aromatic rings. The molecule has 0 amide bonds. The van der Waals surface area contributed by atoms with Crippen molar-refractivity contribution >= 4 is 17.5 Å². The highest BCUT2D eigenvalue weighted by atomic mass is 16.5. The number of ether oxygens (including phenoxy) is 1. The summed E-state index contributed by atoms with van der Waals surface area (Å²) in [5, 5.41) is 0. The van der Waals surface area contributed by atoms with E-state index in [-0.39, 0.29) is 5.78 Å². The summed E-state index contributed by atoms with van der Waals surface area (Å²) in [6.45, 7) is 3.40. The van der Waals surface area contributed by atoms with Crippen LogP contribution in [-0.2, 0) is 6.54 Å². The van der Waals surface area contributed by atoms with Gasteiger partial charge in [0.2, 0.25) is 0 Å². The molecule has 2 aliphatic rings. The highest BCUT2D eigenvalue weighted by molar-refractivity contribution is 6.12. The van der Waals surface area contributed by atoms with Gasteiger partial charge in [0.25, 0.3) is 0 Å². The van der Waals surface area contributed by atoms with Gasteiger partial charge in [0.1, 0.15) is 12.3 Å². The molecule has 3 aromatic carbocycles. The van der Waals surface area contributed by atoms with Crippen LogP contribution in [0.2, 0.25) is 0 Å². The Labute approximate surface area is 221 Å². The molecule has 0 unspecified atom stereocenters. The fourth-order valence-electron chi connectivity index (χ4n) is 5.89. The molecular formula is C33H39N2O2+. The molecule has 37 heavy (non-hydrogen) atoms. The lowest BCUT2D eigenvalue weighted by molar-refractivity contribution is -0.929. The molecule has 2 N–H and O–H groups in total. The van der Waals surface area contributed by atoms with E-state index < -0.39 is 0 Å². The number of carbonyl (C=O) groups is 1. The van der Waals surface area contributed by atoms with Crippen LogP contribution in [-0.4, -0.2) is 37.0 Å². The van der Waals surface area contributed by atoms with Gasteiger partial charge in [-0.2, -0.15) is 0 Å². The third-order valence-corrected chi connectivity index (χ3v) is 8.16. The Kier molecular flexibility index (Phi) is 7.21. The van der Waals surface area contributed by atoms with Crippen LogP contribution < -0.4 is 10.5 Å². The summed E-state index contributed by atoms with van der Waals surface area (Å²) in [4.78, 5) is 14.0. The molecule has 4 nitrogen and oxygen atoms in total. The number of fused-ring (bicyclic) bond motifs is 1. The molecular weight excluding hydrogens is 456 g/mol. The van der Waals surface area contributed by atoms with Crippen LogP contribution in [0.1, 0.15) is 65.6 Å². The van der Waals surface area contributed by atoms with E-state index in [0.29, 0.717) is 24.8 Å². The van der Waals surface area contributed by atoms with E-state index in [4.69, 9.17) is 10.5 Å². The summed E-state index contributed by atoms with van der Waals surface area (Å²) in [7, 11) is 4.62. The zero-order chi connectivity index (χ0) is 26.0. The zero-order valence-electron chi connectivity index (χ0n) is 22.4. The Morgan fingerprint density at radius 3 is 2.43 bits per heavy atom. The summed E-state index contributed by atoms with van der Waals surface area (Å²) in [6.07, 6.45) is 9.06. The Bertz CT molecular complexity index is 1310. The number of benzene rings is 3. The van der Waals surface area contributed by atoms with Crippen LogP contribution in [0.3, 0.4) is 0 Å². The highest BCUT2D eigenvalue weighted by Crippen LogP contribution is 2.34. The number of nitrogens with zero attached hydrogens (tertiary/aromatic N) is 1. The standard InChI is InChI=1S/C33H39N2O2/c1-23-9-11-24(12-10-23)25-14-16-32-28(19-25)20-26(17-18-37-32)33(36)31-21-29(34)15-13-27(31)22-35(2,3)30-7-5-4-6-8-30/h9-16,19-21,30H,4-8,17-18,22,34H2,1-3H3/q+1. The Hall–Kier alpha value is -3.37. The number of aryl methyl sites for hydroxylation is 1. The number of anilines is 1. The molecule has 0 bridgehead atoms. The molecule has 0 aromatic heterocycles. The van der Waals surface area contributed by atoms with E-state index in [2.05, 4.69) is 63.5 Å². The maximum atomic E-state index is 14.0. The van der Waals surface area contributed by atoms with Gasteiger partial charge >= 0.3 is 0 Å². The summed E-state index contributed by atoms with van der Waals surface area (Å²) in [5.41, 5.74) is 13.9. The van der Waals surface area contributed by atoms with Crippen molar-refractivity contribution in [2.75, 3.05) is 26.4 Å². The van der Waals surface area contributed by atoms with Gasteiger partial charge in [-0.05, 0) is 74.1 Å². The third kappa shape index (κ3) is 5.65. The Morgan fingerprint density at radius 1 is 0.946 bits per heavy atom. The second-order valence-electron chi connectivity index (χ2n) is 11.4. The number of nitrogen functional groups attached to an aromatic ring is 1. The van der Waals surface area contributed by atoms with Gasteiger partial charge in [-0.15, -0.1) is 0 Å². The van der Waals surface area contributed by atoms with Crippen molar-refractivity contribution in [2.24, 2.45) is 0 Å². The van der Waals surface area contributed by atoms with Crippen LogP contribution >= 0.6 is 0 Å². The van der Waals surface area contributed by atoms with E-state index >= 15 is 0 Å². The van der Waals surface area contributed by atoms with Crippen LogP contribution in [0, 0.1) is 6.92 Å². The van der Waals surface area contributed by atoms with Crippen molar-refractivity contribution in [3.8, 4) is 16.9 Å². The topological polar surface area (TPSA) is 52.3 Å². The Balaban J connectivity index is 1.47. The number of ketones is 1. The molecule has 0 radical (unpaired) electrons. The van der Waals surface area contributed by atoms with Gasteiger partial charge in [-0.3, -0.25) is 4.79 Å². The number of hydrogen-bond acceptors (Lipinski definition) is 3. The summed E-state index contributed by atoms with van der Waals surface area (Å²) < 4.78 is 6.95. The van der Waals surface area contributed by atoms with E-state index in [1.54, 1.807) is 0 Å². The monoisotopic (exact) mass is 495 g/mol. The number of hydrogen-bond donors (Lipinski definition) is 1. The van der Waals surface area contributed by atoms with Gasteiger partial charge in [-0.25, -0.2) is 0 Å². The molecule has 1 aliphatic carbocycles. The first-order chi connectivity index (χ1) is 17.8. The predicted molar refractivity (Wildman–Crippen MR) is 153 cm³/mol. The first-order valence-corrected chi connectivity index (χ1v) is 13.6. The van der Waals surface area contributed by atoms with Crippen molar-refractivity contribution in [2.45, 2.75) is 58.0 Å². The second-order valence-corrected chi connectivity index (χ2v) is 11.4. The normalized spacial score (nSPS) is 16.4. The largest absolute Gasteiger partial charge is 0.493 e. The average molecular weight is 496 g/mol. The fraction of sp³-hybridized carbons (Fsp3) is 0.364. The maximum Gasteiger partial charge on any atom is 0.189 e. The van der Waals surface area contributed by atoms with Crippen molar-refractivity contribution in [3.63, 3.8) is 0 Å². The summed E-state index contributed by atoms with van der Waals surface area (Å²) >= 11 is 0. The van der Waals surface area contributed by atoms with Crippen molar-refractivity contribution < 1.29 is 14.0 Å². The van der Waals surface area contributed by atoms with E-state index in [0.717, 1.165) is 50.2 Å². The molecule has 1 heterocycles. The number of carbonyl (C=O) groups excluding carboxylic acids is 1. The predicted octanol–water partition coefficient (Wildman–Crippen LogP) is 7.20. The third-order valence-electron chi connectivity index (χ3n) is 8.16. The van der Waals surface area contributed by atoms with Crippen molar-refractivity contribution in [1.29, 1.82) is 0 Å². The molecule has 0 saturated heterocycles. The van der Waals surface area contributed by atoms with Crippen LogP contribution in [0.5, 0.6) is 5.75 Å². The second kappa shape index (κ2) is 10.5. The van der Waals surface area contributed by atoms with Gasteiger partial charge in [0, 0.05) is 34.4 Å². The fourth-order valence-corrected chi connectivity index (χ4v) is 5.89. The molecule has 5 rings (SSSR count). The average Bonchev–Trinajstić information content (AvgIpc) is 3.12. The van der Waals surface area contributed by atoms with Gasteiger partial charge in [0.15, 0.2) is 5.78 Å². The first kappa shape index (κ1) is 25.3. The SMILES string of the molecule is Cc1ccc(-c2ccc3c(c2)C=C(C(=O)c2cc(N)ccc2C[N+](C)(C)C2CCCCC2)CCO3)cc1. The number of nitrogens with two attached hydrogens (primary N) is 1.